The third kappa shape index (κ3) is 4.54. The van der Waals surface area contributed by atoms with E-state index in [4.69, 9.17) is 4.74 Å². The number of hydrogen-bond acceptors (Lipinski definition) is 6. The molecule has 1 aromatic carbocycles. The van der Waals surface area contributed by atoms with Crippen LogP contribution in [0.25, 0.3) is 22.3 Å². The molecule has 0 spiro atoms. The van der Waals surface area contributed by atoms with Gasteiger partial charge in [-0.3, -0.25) is 4.79 Å². The van der Waals surface area contributed by atoms with Gasteiger partial charge in [-0.25, -0.2) is 19.3 Å². The maximum absolute atomic E-state index is 13.3. The van der Waals surface area contributed by atoms with Crippen molar-refractivity contribution in [1.29, 1.82) is 0 Å². The minimum Gasteiger partial charge on any atom is -0.481 e. The fourth-order valence-electron chi connectivity index (χ4n) is 4.22. The fraction of sp³-hybridized carbons (Fsp3) is 0.280. The molecule has 34 heavy (non-hydrogen) atoms. The summed E-state index contributed by atoms with van der Waals surface area (Å²) in [5.41, 5.74) is 3.49. The number of nitrogens with one attached hydrogen (secondary N) is 1. The Labute approximate surface area is 196 Å². The van der Waals surface area contributed by atoms with Crippen molar-refractivity contribution in [1.82, 2.24) is 24.8 Å². The number of aromatic amines is 1. The number of pyridine rings is 1. The summed E-state index contributed by atoms with van der Waals surface area (Å²) in [5, 5.41) is 0.911. The molecular formula is C25H25FN6O2. The van der Waals surface area contributed by atoms with E-state index in [1.54, 1.807) is 31.8 Å². The van der Waals surface area contributed by atoms with Gasteiger partial charge in [-0.2, -0.15) is 0 Å². The number of nitrogens with zero attached hydrogens (tertiary/aromatic N) is 5. The van der Waals surface area contributed by atoms with Gasteiger partial charge in [0.15, 0.2) is 0 Å². The van der Waals surface area contributed by atoms with Gasteiger partial charge in [0.05, 0.1) is 12.5 Å². The van der Waals surface area contributed by atoms with E-state index >= 15 is 0 Å². The van der Waals surface area contributed by atoms with Gasteiger partial charge < -0.3 is 19.5 Å². The van der Waals surface area contributed by atoms with Gasteiger partial charge in [-0.15, -0.1) is 0 Å². The SMILES string of the molecule is COc1ccc(CCC(=O)N2CCN(c3ncnc4[nH]c(-c5ccc(F)cc5)cc34)CC2)cn1. The van der Waals surface area contributed by atoms with Crippen molar-refractivity contribution in [3.8, 4) is 17.1 Å². The summed E-state index contributed by atoms with van der Waals surface area (Å²) in [5.74, 6) is 1.28. The van der Waals surface area contributed by atoms with E-state index in [-0.39, 0.29) is 11.7 Å². The first-order valence-electron chi connectivity index (χ1n) is 11.2. The number of fused-ring (bicyclic) bond motifs is 1. The number of aryl methyl sites for hydroxylation is 1. The minimum absolute atomic E-state index is 0.142. The predicted molar refractivity (Wildman–Crippen MR) is 127 cm³/mol. The number of benzene rings is 1. The topological polar surface area (TPSA) is 87.2 Å². The molecule has 9 heteroatoms. The van der Waals surface area contributed by atoms with Crippen LogP contribution in [0.2, 0.25) is 0 Å². The maximum atomic E-state index is 13.3. The summed E-state index contributed by atoms with van der Waals surface area (Å²) < 4.78 is 18.4. The zero-order valence-corrected chi connectivity index (χ0v) is 18.9. The first kappa shape index (κ1) is 21.8. The van der Waals surface area contributed by atoms with E-state index < -0.39 is 0 Å². The van der Waals surface area contributed by atoms with Gasteiger partial charge in [0.25, 0.3) is 0 Å². The quantitative estimate of drug-likeness (QED) is 0.474. The number of hydrogen-bond donors (Lipinski definition) is 1. The number of anilines is 1. The smallest absolute Gasteiger partial charge is 0.223 e. The lowest BCUT2D eigenvalue weighted by Crippen LogP contribution is -2.49. The zero-order valence-electron chi connectivity index (χ0n) is 18.9. The molecule has 174 valence electrons. The third-order valence-corrected chi connectivity index (χ3v) is 6.13. The lowest BCUT2D eigenvalue weighted by molar-refractivity contribution is -0.131. The van der Waals surface area contributed by atoms with E-state index in [0.29, 0.717) is 44.9 Å². The first-order valence-corrected chi connectivity index (χ1v) is 11.2. The predicted octanol–water partition coefficient (Wildman–Crippen LogP) is 3.45. The molecule has 0 bridgehead atoms. The second-order valence-electron chi connectivity index (χ2n) is 8.23. The lowest BCUT2D eigenvalue weighted by Gasteiger charge is -2.35. The summed E-state index contributed by atoms with van der Waals surface area (Å²) >= 11 is 0. The molecule has 8 nitrogen and oxygen atoms in total. The lowest BCUT2D eigenvalue weighted by atomic mass is 10.1. The van der Waals surface area contributed by atoms with Crippen LogP contribution in [0.15, 0.2) is 55.0 Å². The van der Waals surface area contributed by atoms with Crippen molar-refractivity contribution in [2.75, 3.05) is 38.2 Å². The van der Waals surface area contributed by atoms with Gasteiger partial charge >= 0.3 is 0 Å². The van der Waals surface area contributed by atoms with Crippen LogP contribution >= 0.6 is 0 Å². The summed E-state index contributed by atoms with van der Waals surface area (Å²) in [6, 6.07) is 12.1. The highest BCUT2D eigenvalue weighted by Gasteiger charge is 2.23. The average molecular weight is 461 g/mol. The fourth-order valence-corrected chi connectivity index (χ4v) is 4.22. The van der Waals surface area contributed by atoms with Crippen molar-refractivity contribution in [3.05, 3.63) is 66.4 Å². The molecule has 1 fully saturated rings. The molecule has 1 saturated heterocycles. The number of aromatic nitrogens is 4. The van der Waals surface area contributed by atoms with Crippen molar-refractivity contribution in [2.45, 2.75) is 12.8 Å². The van der Waals surface area contributed by atoms with Crippen LogP contribution in [0.5, 0.6) is 5.88 Å². The molecule has 3 aromatic heterocycles. The van der Waals surface area contributed by atoms with E-state index in [2.05, 4.69) is 24.8 Å². The van der Waals surface area contributed by atoms with E-state index in [1.807, 2.05) is 23.1 Å². The number of halogens is 1. The van der Waals surface area contributed by atoms with E-state index in [0.717, 1.165) is 33.7 Å². The molecule has 1 amide bonds. The van der Waals surface area contributed by atoms with Crippen molar-refractivity contribution in [3.63, 3.8) is 0 Å². The maximum Gasteiger partial charge on any atom is 0.223 e. The Morgan fingerprint density at radius 2 is 1.85 bits per heavy atom. The summed E-state index contributed by atoms with van der Waals surface area (Å²) in [4.78, 5) is 33.2. The summed E-state index contributed by atoms with van der Waals surface area (Å²) in [6.07, 6.45) is 4.40. The molecule has 1 aliphatic heterocycles. The Bertz CT molecular complexity index is 1280. The van der Waals surface area contributed by atoms with Crippen LogP contribution in [-0.2, 0) is 11.2 Å². The Morgan fingerprint density at radius 3 is 2.56 bits per heavy atom. The Balaban J connectivity index is 1.23. The van der Waals surface area contributed by atoms with Crippen LogP contribution in [0.4, 0.5) is 10.2 Å². The zero-order chi connectivity index (χ0) is 23.5. The van der Waals surface area contributed by atoms with Crippen molar-refractivity contribution < 1.29 is 13.9 Å². The van der Waals surface area contributed by atoms with Gasteiger partial charge in [0.2, 0.25) is 11.8 Å². The molecular weight excluding hydrogens is 435 g/mol. The van der Waals surface area contributed by atoms with Crippen molar-refractivity contribution >= 4 is 22.8 Å². The average Bonchev–Trinajstić information content (AvgIpc) is 3.32. The molecule has 4 heterocycles. The number of piperazine rings is 1. The van der Waals surface area contributed by atoms with Crippen LogP contribution in [0.3, 0.4) is 0 Å². The largest absolute Gasteiger partial charge is 0.481 e. The van der Waals surface area contributed by atoms with E-state index in [9.17, 15) is 9.18 Å². The monoisotopic (exact) mass is 460 g/mol. The normalized spacial score (nSPS) is 13.9. The number of rotatable bonds is 6. The highest BCUT2D eigenvalue weighted by Crippen LogP contribution is 2.29. The number of carbonyl (C=O) groups is 1. The van der Waals surface area contributed by atoms with Crippen LogP contribution in [0.1, 0.15) is 12.0 Å². The second-order valence-corrected chi connectivity index (χ2v) is 8.23. The highest BCUT2D eigenvalue weighted by molar-refractivity contribution is 5.92. The molecule has 1 N–H and O–H groups in total. The Morgan fingerprint density at radius 1 is 1.06 bits per heavy atom. The molecule has 0 atom stereocenters. The summed E-state index contributed by atoms with van der Waals surface area (Å²) in [7, 11) is 1.58. The van der Waals surface area contributed by atoms with Gasteiger partial charge in [0, 0.05) is 50.6 Å². The van der Waals surface area contributed by atoms with Gasteiger partial charge in [0.1, 0.15) is 23.6 Å². The van der Waals surface area contributed by atoms with Crippen molar-refractivity contribution in [2.24, 2.45) is 0 Å². The third-order valence-electron chi connectivity index (χ3n) is 6.13. The minimum atomic E-state index is -0.270. The number of methoxy groups -OCH3 is 1. The molecule has 0 saturated carbocycles. The van der Waals surface area contributed by atoms with Crippen LogP contribution in [-0.4, -0.2) is 64.0 Å². The number of ether oxygens (including phenoxy) is 1. The summed E-state index contributed by atoms with van der Waals surface area (Å²) in [6.45, 7) is 2.67. The molecule has 1 aliphatic rings. The molecule has 5 rings (SSSR count). The molecule has 4 aromatic rings. The highest BCUT2D eigenvalue weighted by atomic mass is 19.1. The van der Waals surface area contributed by atoms with Crippen LogP contribution in [0, 0.1) is 5.82 Å². The number of amides is 1. The first-order chi connectivity index (χ1) is 16.6. The molecule has 0 aliphatic carbocycles. The van der Waals surface area contributed by atoms with Gasteiger partial charge in [-0.1, -0.05) is 6.07 Å². The Kier molecular flexibility index (Phi) is 6.07. The standard InChI is InChI=1S/C25H25FN6O2/c1-34-22-8-2-17(15-27-22)3-9-23(33)31-10-12-32(13-11-31)25-20-14-21(30-24(20)28-16-29-25)18-4-6-19(26)7-5-18/h2,4-8,14-16H,3,9-13H2,1H3,(H,28,29,30). The van der Waals surface area contributed by atoms with Gasteiger partial charge in [-0.05, 0) is 47.9 Å². The van der Waals surface area contributed by atoms with E-state index in [1.165, 1.54) is 12.1 Å². The molecule has 0 unspecified atom stereocenters. The molecule has 0 radical (unpaired) electrons. The van der Waals surface area contributed by atoms with Crippen LogP contribution < -0.4 is 9.64 Å². The second kappa shape index (κ2) is 9.46. The number of carbonyl (C=O) groups excluding carboxylic acids is 1. The number of H-pyrrole nitrogens is 1. The Hall–Kier alpha value is -4.01.